The third kappa shape index (κ3) is 3.66. The highest BCUT2D eigenvalue weighted by Gasteiger charge is 2.20. The van der Waals surface area contributed by atoms with E-state index in [1.165, 1.54) is 32.8 Å². The van der Waals surface area contributed by atoms with Crippen LogP contribution in [0.5, 0.6) is 0 Å². The van der Waals surface area contributed by atoms with Gasteiger partial charge in [0.15, 0.2) is 0 Å². The summed E-state index contributed by atoms with van der Waals surface area (Å²) < 4.78 is 4.69. The first kappa shape index (κ1) is 14.3. The summed E-state index contributed by atoms with van der Waals surface area (Å²) in [5.74, 6) is 0.469. The van der Waals surface area contributed by atoms with Gasteiger partial charge in [-0.1, -0.05) is 19.8 Å². The van der Waals surface area contributed by atoms with Gasteiger partial charge in [-0.2, -0.15) is 0 Å². The standard InChI is InChI=1S/C15H21NO2S/c1-10-4-3-5-12(8-10)19-14-7-6-11(9-13(14)16)15(17)18-2/h6-7,9-10,12H,3-5,8,16H2,1-2H3. The maximum atomic E-state index is 11.4. The Hall–Kier alpha value is -1.16. The zero-order chi connectivity index (χ0) is 13.8. The van der Waals surface area contributed by atoms with Crippen molar-refractivity contribution in [2.45, 2.75) is 42.8 Å². The van der Waals surface area contributed by atoms with Gasteiger partial charge in [0, 0.05) is 15.8 Å². The number of ether oxygens (including phenoxy) is 1. The summed E-state index contributed by atoms with van der Waals surface area (Å²) in [4.78, 5) is 12.5. The van der Waals surface area contributed by atoms with Gasteiger partial charge >= 0.3 is 5.97 Å². The minimum absolute atomic E-state index is 0.338. The molecule has 0 bridgehead atoms. The lowest BCUT2D eigenvalue weighted by Gasteiger charge is -2.26. The van der Waals surface area contributed by atoms with E-state index in [4.69, 9.17) is 10.5 Å². The molecule has 0 radical (unpaired) electrons. The highest BCUT2D eigenvalue weighted by molar-refractivity contribution is 8.00. The average Bonchev–Trinajstić information content (AvgIpc) is 2.40. The molecule has 1 saturated carbocycles. The van der Waals surface area contributed by atoms with E-state index in [9.17, 15) is 4.79 Å². The maximum Gasteiger partial charge on any atom is 0.337 e. The molecule has 1 aromatic rings. The van der Waals surface area contributed by atoms with Crippen LogP contribution in [0.2, 0.25) is 0 Å². The van der Waals surface area contributed by atoms with E-state index in [0.717, 1.165) is 10.8 Å². The number of nitrogens with two attached hydrogens (primary N) is 1. The zero-order valence-corrected chi connectivity index (χ0v) is 12.3. The number of methoxy groups -OCH3 is 1. The molecule has 1 aromatic carbocycles. The Morgan fingerprint density at radius 1 is 1.42 bits per heavy atom. The third-order valence-electron chi connectivity index (χ3n) is 3.61. The number of anilines is 1. The molecule has 0 amide bonds. The van der Waals surface area contributed by atoms with Crippen molar-refractivity contribution in [3.63, 3.8) is 0 Å². The topological polar surface area (TPSA) is 52.3 Å². The first-order chi connectivity index (χ1) is 9.10. The van der Waals surface area contributed by atoms with E-state index >= 15 is 0 Å². The van der Waals surface area contributed by atoms with Gasteiger partial charge in [0.25, 0.3) is 0 Å². The van der Waals surface area contributed by atoms with Crippen molar-refractivity contribution < 1.29 is 9.53 Å². The van der Waals surface area contributed by atoms with Crippen molar-refractivity contribution in [1.82, 2.24) is 0 Å². The Kier molecular flexibility index (Phi) is 4.75. The number of rotatable bonds is 3. The van der Waals surface area contributed by atoms with Crippen molar-refractivity contribution >= 4 is 23.4 Å². The molecule has 1 aliphatic carbocycles. The van der Waals surface area contributed by atoms with Gasteiger partial charge in [0.1, 0.15) is 0 Å². The minimum Gasteiger partial charge on any atom is -0.465 e. The van der Waals surface area contributed by atoms with Crippen molar-refractivity contribution in [2.75, 3.05) is 12.8 Å². The molecule has 3 nitrogen and oxygen atoms in total. The van der Waals surface area contributed by atoms with Crippen LogP contribution >= 0.6 is 11.8 Å². The molecule has 0 heterocycles. The molecule has 2 unspecified atom stereocenters. The predicted octanol–water partition coefficient (Wildman–Crippen LogP) is 3.73. The molecule has 4 heteroatoms. The maximum absolute atomic E-state index is 11.4. The molecular weight excluding hydrogens is 258 g/mol. The third-order valence-corrected chi connectivity index (χ3v) is 5.00. The van der Waals surface area contributed by atoms with Crippen LogP contribution in [0.15, 0.2) is 23.1 Å². The van der Waals surface area contributed by atoms with Crippen molar-refractivity contribution in [3.05, 3.63) is 23.8 Å². The number of carbonyl (C=O) groups excluding carboxylic acids is 1. The number of nitrogen functional groups attached to an aromatic ring is 1. The van der Waals surface area contributed by atoms with Crippen LogP contribution < -0.4 is 5.73 Å². The Labute approximate surface area is 118 Å². The Bertz CT molecular complexity index is 461. The number of hydrogen-bond donors (Lipinski definition) is 1. The smallest absolute Gasteiger partial charge is 0.337 e. The monoisotopic (exact) mass is 279 g/mol. The van der Waals surface area contributed by atoms with E-state index in [2.05, 4.69) is 6.92 Å². The van der Waals surface area contributed by atoms with Crippen LogP contribution in [0.3, 0.4) is 0 Å². The average molecular weight is 279 g/mol. The molecule has 104 valence electrons. The predicted molar refractivity (Wildman–Crippen MR) is 79.5 cm³/mol. The normalized spacial score (nSPS) is 23.1. The van der Waals surface area contributed by atoms with Gasteiger partial charge in [-0.25, -0.2) is 4.79 Å². The molecule has 0 saturated heterocycles. The minimum atomic E-state index is -0.338. The molecule has 1 fully saturated rings. The fourth-order valence-corrected chi connectivity index (χ4v) is 3.98. The molecule has 2 N–H and O–H groups in total. The van der Waals surface area contributed by atoms with Gasteiger partial charge in [-0.3, -0.25) is 0 Å². The van der Waals surface area contributed by atoms with Crippen LogP contribution in [-0.2, 0) is 4.74 Å². The second-order valence-corrected chi connectivity index (χ2v) is 6.60. The summed E-state index contributed by atoms with van der Waals surface area (Å²) in [5, 5.41) is 0.648. The summed E-state index contributed by atoms with van der Waals surface area (Å²) in [6.07, 6.45) is 5.16. The zero-order valence-electron chi connectivity index (χ0n) is 11.5. The second kappa shape index (κ2) is 6.33. The van der Waals surface area contributed by atoms with Gasteiger partial charge < -0.3 is 10.5 Å². The van der Waals surface area contributed by atoms with Crippen LogP contribution in [0.25, 0.3) is 0 Å². The molecule has 0 aliphatic heterocycles. The number of hydrogen-bond acceptors (Lipinski definition) is 4. The van der Waals surface area contributed by atoms with Gasteiger partial charge in [0.05, 0.1) is 12.7 Å². The van der Waals surface area contributed by atoms with Crippen LogP contribution in [0.1, 0.15) is 43.0 Å². The van der Waals surface area contributed by atoms with Crippen molar-refractivity contribution in [3.8, 4) is 0 Å². The SMILES string of the molecule is COC(=O)c1ccc(SC2CCCC(C)C2)c(N)c1. The van der Waals surface area contributed by atoms with E-state index < -0.39 is 0 Å². The molecule has 1 aliphatic rings. The molecule has 0 spiro atoms. The first-order valence-corrected chi connectivity index (χ1v) is 7.62. The van der Waals surface area contributed by atoms with Crippen LogP contribution in [-0.4, -0.2) is 18.3 Å². The summed E-state index contributed by atoms with van der Waals surface area (Å²) in [5.41, 5.74) is 7.22. The van der Waals surface area contributed by atoms with E-state index in [0.29, 0.717) is 16.5 Å². The van der Waals surface area contributed by atoms with Gasteiger partial charge in [-0.15, -0.1) is 11.8 Å². The number of carbonyl (C=O) groups is 1. The first-order valence-electron chi connectivity index (χ1n) is 6.74. The molecular formula is C15H21NO2S. The number of thioether (sulfide) groups is 1. The lowest BCUT2D eigenvalue weighted by molar-refractivity contribution is 0.0600. The van der Waals surface area contributed by atoms with Crippen LogP contribution in [0, 0.1) is 5.92 Å². The van der Waals surface area contributed by atoms with Gasteiger partial charge in [0.2, 0.25) is 0 Å². The van der Waals surface area contributed by atoms with Crippen molar-refractivity contribution in [1.29, 1.82) is 0 Å². The quantitative estimate of drug-likeness (QED) is 0.676. The Morgan fingerprint density at radius 3 is 2.84 bits per heavy atom. The summed E-state index contributed by atoms with van der Waals surface area (Å²) in [6.45, 7) is 2.32. The lowest BCUT2D eigenvalue weighted by Crippen LogP contribution is -2.15. The van der Waals surface area contributed by atoms with E-state index in [-0.39, 0.29) is 5.97 Å². The summed E-state index contributed by atoms with van der Waals surface area (Å²) >= 11 is 1.85. The fraction of sp³-hybridized carbons (Fsp3) is 0.533. The Morgan fingerprint density at radius 2 is 2.21 bits per heavy atom. The molecule has 0 aromatic heterocycles. The second-order valence-electron chi connectivity index (χ2n) is 5.26. The lowest BCUT2D eigenvalue weighted by atomic mass is 9.91. The molecule has 19 heavy (non-hydrogen) atoms. The van der Waals surface area contributed by atoms with E-state index in [1.807, 2.05) is 17.8 Å². The summed E-state index contributed by atoms with van der Waals surface area (Å²) in [7, 11) is 1.38. The molecule has 2 atom stereocenters. The number of esters is 1. The highest BCUT2D eigenvalue weighted by Crippen LogP contribution is 2.38. The van der Waals surface area contributed by atoms with Crippen LogP contribution in [0.4, 0.5) is 5.69 Å². The number of benzene rings is 1. The van der Waals surface area contributed by atoms with Gasteiger partial charge in [-0.05, 0) is 37.0 Å². The van der Waals surface area contributed by atoms with E-state index in [1.54, 1.807) is 12.1 Å². The largest absolute Gasteiger partial charge is 0.465 e. The summed E-state index contributed by atoms with van der Waals surface area (Å²) in [6, 6.07) is 5.43. The Balaban J connectivity index is 2.06. The fourth-order valence-electron chi connectivity index (χ4n) is 2.57. The van der Waals surface area contributed by atoms with Crippen molar-refractivity contribution in [2.24, 2.45) is 5.92 Å². The molecule has 2 rings (SSSR count). The highest BCUT2D eigenvalue weighted by atomic mass is 32.2.